The van der Waals surface area contributed by atoms with Gasteiger partial charge in [0, 0.05) is 23.6 Å². The van der Waals surface area contributed by atoms with Gasteiger partial charge in [-0.2, -0.15) is 0 Å². The molecule has 0 aliphatic rings. The molecule has 1 aromatic rings. The highest BCUT2D eigenvalue weighted by atomic mass is 79.9. The first kappa shape index (κ1) is 13.7. The van der Waals surface area contributed by atoms with Crippen molar-refractivity contribution in [1.82, 2.24) is 10.6 Å². The van der Waals surface area contributed by atoms with E-state index in [9.17, 15) is 0 Å². The first-order valence-corrected chi connectivity index (χ1v) is 6.70. The van der Waals surface area contributed by atoms with Crippen molar-refractivity contribution in [3.8, 4) is 0 Å². The van der Waals surface area contributed by atoms with Gasteiger partial charge in [-0.15, -0.1) is 0 Å². The van der Waals surface area contributed by atoms with Crippen LogP contribution in [-0.2, 0) is 6.54 Å². The van der Waals surface area contributed by atoms with Crippen molar-refractivity contribution in [1.29, 1.82) is 0 Å². The Hall–Kier alpha value is -0.380. The minimum atomic E-state index is 0.499. The number of halogens is 1. The minimum absolute atomic E-state index is 0.499. The summed E-state index contributed by atoms with van der Waals surface area (Å²) >= 11 is 3.55. The van der Waals surface area contributed by atoms with Crippen LogP contribution in [0.4, 0.5) is 0 Å². The Bertz CT molecular complexity index is 302. The van der Waals surface area contributed by atoms with Crippen LogP contribution in [0, 0.1) is 0 Å². The Morgan fingerprint density at radius 3 is 2.75 bits per heavy atom. The van der Waals surface area contributed by atoms with Crippen LogP contribution in [0.15, 0.2) is 28.7 Å². The molecule has 2 N–H and O–H groups in total. The molecule has 0 aliphatic heterocycles. The molecule has 2 nitrogen and oxygen atoms in total. The molecule has 0 spiro atoms. The van der Waals surface area contributed by atoms with Gasteiger partial charge in [0.15, 0.2) is 0 Å². The maximum Gasteiger partial charge on any atom is 0.0220 e. The summed E-state index contributed by atoms with van der Waals surface area (Å²) in [5.41, 5.74) is 1.31. The summed E-state index contributed by atoms with van der Waals surface area (Å²) in [6.07, 6.45) is 1.19. The van der Waals surface area contributed by atoms with Crippen molar-refractivity contribution in [3.05, 3.63) is 34.3 Å². The van der Waals surface area contributed by atoms with E-state index in [1.54, 1.807) is 0 Å². The summed E-state index contributed by atoms with van der Waals surface area (Å²) in [4.78, 5) is 0. The molecule has 0 bridgehead atoms. The fourth-order valence-electron chi connectivity index (χ4n) is 1.49. The second kappa shape index (κ2) is 7.82. The fourth-order valence-corrected chi connectivity index (χ4v) is 1.92. The van der Waals surface area contributed by atoms with Crippen molar-refractivity contribution in [2.24, 2.45) is 0 Å². The van der Waals surface area contributed by atoms with E-state index in [1.807, 2.05) is 6.07 Å². The number of nitrogens with one attached hydrogen (secondary N) is 2. The average molecular weight is 285 g/mol. The van der Waals surface area contributed by atoms with E-state index in [2.05, 4.69) is 58.6 Å². The number of hydrogen-bond donors (Lipinski definition) is 2. The van der Waals surface area contributed by atoms with E-state index in [-0.39, 0.29) is 0 Å². The Morgan fingerprint density at radius 2 is 2.06 bits per heavy atom. The second-order valence-corrected chi connectivity index (χ2v) is 4.93. The summed E-state index contributed by atoms with van der Waals surface area (Å²) in [6.45, 7) is 7.43. The van der Waals surface area contributed by atoms with Gasteiger partial charge in [-0.3, -0.25) is 0 Å². The molecule has 90 valence electrons. The largest absolute Gasteiger partial charge is 0.315 e. The third-order valence-corrected chi connectivity index (χ3v) is 3.25. The van der Waals surface area contributed by atoms with E-state index in [0.29, 0.717) is 6.04 Å². The van der Waals surface area contributed by atoms with Gasteiger partial charge in [-0.25, -0.2) is 0 Å². The minimum Gasteiger partial charge on any atom is -0.315 e. The lowest BCUT2D eigenvalue weighted by molar-refractivity contribution is 0.501. The lowest BCUT2D eigenvalue weighted by atomic mass is 10.2. The molecule has 16 heavy (non-hydrogen) atoms. The van der Waals surface area contributed by atoms with E-state index in [4.69, 9.17) is 0 Å². The van der Waals surface area contributed by atoms with Crippen LogP contribution in [0.5, 0.6) is 0 Å². The normalized spacial score (nSPS) is 12.7. The predicted octanol–water partition coefficient (Wildman–Crippen LogP) is 2.93. The van der Waals surface area contributed by atoms with Crippen molar-refractivity contribution in [3.63, 3.8) is 0 Å². The van der Waals surface area contributed by atoms with Crippen LogP contribution < -0.4 is 10.6 Å². The molecule has 0 amide bonds. The highest BCUT2D eigenvalue weighted by molar-refractivity contribution is 9.10. The van der Waals surface area contributed by atoms with Crippen LogP contribution in [0.1, 0.15) is 25.8 Å². The molecule has 1 unspecified atom stereocenters. The zero-order chi connectivity index (χ0) is 11.8. The SMILES string of the molecule is CCCNCC(C)NCc1ccccc1Br. The topological polar surface area (TPSA) is 24.1 Å². The highest BCUT2D eigenvalue weighted by Gasteiger charge is 2.02. The second-order valence-electron chi connectivity index (χ2n) is 4.08. The van der Waals surface area contributed by atoms with Crippen molar-refractivity contribution < 1.29 is 0 Å². The molecular formula is C13H21BrN2. The molecule has 1 rings (SSSR count). The van der Waals surface area contributed by atoms with Gasteiger partial charge in [-0.05, 0) is 31.5 Å². The fraction of sp³-hybridized carbons (Fsp3) is 0.538. The first-order chi connectivity index (χ1) is 7.74. The molecule has 0 saturated heterocycles. The van der Waals surface area contributed by atoms with Gasteiger partial charge in [0.2, 0.25) is 0 Å². The van der Waals surface area contributed by atoms with Gasteiger partial charge < -0.3 is 10.6 Å². The number of benzene rings is 1. The molecular weight excluding hydrogens is 264 g/mol. The van der Waals surface area contributed by atoms with Crippen LogP contribution in [-0.4, -0.2) is 19.1 Å². The molecule has 0 radical (unpaired) electrons. The lowest BCUT2D eigenvalue weighted by Gasteiger charge is -2.15. The van der Waals surface area contributed by atoms with E-state index < -0.39 is 0 Å². The number of rotatable bonds is 7. The molecule has 0 aliphatic carbocycles. The molecule has 3 heteroatoms. The first-order valence-electron chi connectivity index (χ1n) is 5.91. The summed E-state index contributed by atoms with van der Waals surface area (Å²) < 4.78 is 1.18. The standard InChI is InChI=1S/C13H21BrN2/c1-3-8-15-9-11(2)16-10-12-6-4-5-7-13(12)14/h4-7,11,15-16H,3,8-10H2,1-2H3. The Kier molecular flexibility index (Phi) is 6.69. The average Bonchev–Trinajstić information content (AvgIpc) is 2.28. The van der Waals surface area contributed by atoms with E-state index in [0.717, 1.165) is 19.6 Å². The molecule has 0 heterocycles. The van der Waals surface area contributed by atoms with Crippen LogP contribution in [0.25, 0.3) is 0 Å². The van der Waals surface area contributed by atoms with Gasteiger partial charge in [-0.1, -0.05) is 41.1 Å². The third kappa shape index (κ3) is 5.10. The summed E-state index contributed by atoms with van der Waals surface area (Å²) in [6, 6.07) is 8.83. The quantitative estimate of drug-likeness (QED) is 0.753. The van der Waals surface area contributed by atoms with Gasteiger partial charge in [0.25, 0.3) is 0 Å². The van der Waals surface area contributed by atoms with Crippen LogP contribution >= 0.6 is 15.9 Å². The monoisotopic (exact) mass is 284 g/mol. The van der Waals surface area contributed by atoms with Gasteiger partial charge in [0.05, 0.1) is 0 Å². The number of hydrogen-bond acceptors (Lipinski definition) is 2. The molecule has 1 aromatic carbocycles. The molecule has 0 fully saturated rings. The van der Waals surface area contributed by atoms with Gasteiger partial charge >= 0.3 is 0 Å². The maximum absolute atomic E-state index is 3.55. The summed E-state index contributed by atoms with van der Waals surface area (Å²) in [5.74, 6) is 0. The summed E-state index contributed by atoms with van der Waals surface area (Å²) in [5, 5.41) is 6.92. The van der Waals surface area contributed by atoms with Crippen LogP contribution in [0.2, 0.25) is 0 Å². The zero-order valence-electron chi connectivity index (χ0n) is 10.1. The zero-order valence-corrected chi connectivity index (χ0v) is 11.7. The Balaban J connectivity index is 2.26. The van der Waals surface area contributed by atoms with Crippen LogP contribution in [0.3, 0.4) is 0 Å². The maximum atomic E-state index is 3.55. The Morgan fingerprint density at radius 1 is 1.31 bits per heavy atom. The molecule has 0 saturated carbocycles. The lowest BCUT2D eigenvalue weighted by Crippen LogP contribution is -2.36. The Labute approximate surface area is 107 Å². The smallest absolute Gasteiger partial charge is 0.0220 e. The van der Waals surface area contributed by atoms with Gasteiger partial charge in [0.1, 0.15) is 0 Å². The van der Waals surface area contributed by atoms with Crippen molar-refractivity contribution in [2.45, 2.75) is 32.9 Å². The highest BCUT2D eigenvalue weighted by Crippen LogP contribution is 2.15. The van der Waals surface area contributed by atoms with E-state index >= 15 is 0 Å². The predicted molar refractivity (Wildman–Crippen MR) is 73.6 cm³/mol. The third-order valence-electron chi connectivity index (χ3n) is 2.48. The molecule has 0 aromatic heterocycles. The van der Waals surface area contributed by atoms with Crippen molar-refractivity contribution in [2.75, 3.05) is 13.1 Å². The van der Waals surface area contributed by atoms with E-state index in [1.165, 1.54) is 16.5 Å². The summed E-state index contributed by atoms with van der Waals surface area (Å²) in [7, 11) is 0. The van der Waals surface area contributed by atoms with Crippen molar-refractivity contribution >= 4 is 15.9 Å². The molecule has 1 atom stereocenters.